The number of nitrogens with two attached hydrogens (primary N) is 1. The van der Waals surface area contributed by atoms with Crippen LogP contribution in [0.4, 0.5) is 5.69 Å². The van der Waals surface area contributed by atoms with Crippen LogP contribution in [0.2, 0.25) is 0 Å². The quantitative estimate of drug-likeness (QED) is 0.908. The molecule has 0 atom stereocenters. The molecule has 0 fully saturated rings. The van der Waals surface area contributed by atoms with Gasteiger partial charge in [-0.25, -0.2) is 0 Å². The molecule has 2 N–H and O–H groups in total. The minimum absolute atomic E-state index is 0.721. The van der Waals surface area contributed by atoms with Gasteiger partial charge in [0, 0.05) is 22.8 Å². The molecule has 0 aliphatic carbocycles. The Hall–Kier alpha value is -1.29. The number of halogens is 1. The summed E-state index contributed by atoms with van der Waals surface area (Å²) >= 11 is 3.40. The molecule has 3 nitrogen and oxygen atoms in total. The van der Waals surface area contributed by atoms with E-state index in [4.69, 9.17) is 5.73 Å². The molecule has 4 heteroatoms. The molecule has 1 aromatic heterocycles. The SMILES string of the molecule is CCn1cc(N)c(-c2ccc(Br)cc2)n1. The molecule has 78 valence electrons. The van der Waals surface area contributed by atoms with Crippen molar-refractivity contribution in [2.75, 3.05) is 5.73 Å². The van der Waals surface area contributed by atoms with Crippen LogP contribution in [-0.2, 0) is 6.54 Å². The average Bonchev–Trinajstić information content (AvgIpc) is 2.61. The van der Waals surface area contributed by atoms with E-state index in [0.29, 0.717) is 0 Å². The van der Waals surface area contributed by atoms with Crippen molar-refractivity contribution in [3.8, 4) is 11.3 Å². The van der Waals surface area contributed by atoms with E-state index >= 15 is 0 Å². The summed E-state index contributed by atoms with van der Waals surface area (Å²) in [6.07, 6.45) is 1.86. The first kappa shape index (κ1) is 10.2. The van der Waals surface area contributed by atoms with Crippen molar-refractivity contribution in [2.24, 2.45) is 0 Å². The van der Waals surface area contributed by atoms with Crippen LogP contribution in [0, 0.1) is 0 Å². The van der Waals surface area contributed by atoms with Crippen LogP contribution in [0.1, 0.15) is 6.92 Å². The number of nitrogen functional groups attached to an aromatic ring is 1. The molecule has 2 aromatic rings. The zero-order valence-corrected chi connectivity index (χ0v) is 10.0. The molecule has 0 aliphatic rings. The predicted molar refractivity (Wildman–Crippen MR) is 65.4 cm³/mol. The smallest absolute Gasteiger partial charge is 0.115 e. The van der Waals surface area contributed by atoms with Crippen LogP contribution in [0.15, 0.2) is 34.9 Å². The second-order valence-corrected chi connectivity index (χ2v) is 4.21. The van der Waals surface area contributed by atoms with Crippen molar-refractivity contribution in [1.29, 1.82) is 0 Å². The van der Waals surface area contributed by atoms with Gasteiger partial charge in [0.05, 0.1) is 5.69 Å². The van der Waals surface area contributed by atoms with Crippen molar-refractivity contribution < 1.29 is 0 Å². The number of aryl methyl sites for hydroxylation is 1. The lowest BCUT2D eigenvalue weighted by Crippen LogP contribution is -1.93. The third kappa shape index (κ3) is 2.04. The molecule has 0 unspecified atom stereocenters. The van der Waals surface area contributed by atoms with E-state index in [1.807, 2.05) is 42.1 Å². The summed E-state index contributed by atoms with van der Waals surface area (Å²) in [4.78, 5) is 0. The summed E-state index contributed by atoms with van der Waals surface area (Å²) in [5.74, 6) is 0. The highest BCUT2D eigenvalue weighted by atomic mass is 79.9. The molecule has 2 rings (SSSR count). The number of anilines is 1. The van der Waals surface area contributed by atoms with Gasteiger partial charge in [0.25, 0.3) is 0 Å². The average molecular weight is 266 g/mol. The van der Waals surface area contributed by atoms with E-state index in [1.54, 1.807) is 0 Å². The van der Waals surface area contributed by atoms with Crippen LogP contribution >= 0.6 is 15.9 Å². The fourth-order valence-corrected chi connectivity index (χ4v) is 1.70. The van der Waals surface area contributed by atoms with Gasteiger partial charge in [0.1, 0.15) is 5.69 Å². The van der Waals surface area contributed by atoms with Gasteiger partial charge < -0.3 is 5.73 Å². The zero-order valence-electron chi connectivity index (χ0n) is 8.44. The van der Waals surface area contributed by atoms with E-state index in [1.165, 1.54) is 0 Å². The first-order valence-corrected chi connectivity index (χ1v) is 5.59. The van der Waals surface area contributed by atoms with Gasteiger partial charge in [-0.15, -0.1) is 0 Å². The highest BCUT2D eigenvalue weighted by molar-refractivity contribution is 9.10. The van der Waals surface area contributed by atoms with Crippen molar-refractivity contribution in [3.05, 3.63) is 34.9 Å². The fourth-order valence-electron chi connectivity index (χ4n) is 1.43. The summed E-state index contributed by atoms with van der Waals surface area (Å²) in [5, 5.41) is 4.40. The number of nitrogens with zero attached hydrogens (tertiary/aromatic N) is 2. The Morgan fingerprint density at radius 3 is 2.53 bits per heavy atom. The molecule has 1 aromatic carbocycles. The van der Waals surface area contributed by atoms with Crippen LogP contribution in [0.25, 0.3) is 11.3 Å². The third-order valence-corrected chi connectivity index (χ3v) is 2.76. The molecule has 1 heterocycles. The second kappa shape index (κ2) is 4.06. The maximum Gasteiger partial charge on any atom is 0.115 e. The Kier molecular flexibility index (Phi) is 2.77. The number of hydrogen-bond acceptors (Lipinski definition) is 2. The Bertz CT molecular complexity index is 459. The molecule has 0 spiro atoms. The van der Waals surface area contributed by atoms with Gasteiger partial charge >= 0.3 is 0 Å². The third-order valence-electron chi connectivity index (χ3n) is 2.23. The lowest BCUT2D eigenvalue weighted by atomic mass is 10.1. The molecule has 0 amide bonds. The fraction of sp³-hybridized carbons (Fsp3) is 0.182. The Balaban J connectivity index is 2.44. The Morgan fingerprint density at radius 2 is 2.00 bits per heavy atom. The van der Waals surface area contributed by atoms with Crippen LogP contribution < -0.4 is 5.73 Å². The summed E-state index contributed by atoms with van der Waals surface area (Å²) in [5.41, 5.74) is 8.51. The van der Waals surface area contributed by atoms with Crippen LogP contribution in [0.3, 0.4) is 0 Å². The Labute approximate surface area is 97.0 Å². The van der Waals surface area contributed by atoms with Crippen LogP contribution in [-0.4, -0.2) is 9.78 Å². The normalized spacial score (nSPS) is 10.5. The number of aromatic nitrogens is 2. The highest BCUT2D eigenvalue weighted by Crippen LogP contribution is 2.25. The standard InChI is InChI=1S/C11H12BrN3/c1-2-15-7-10(13)11(14-15)8-3-5-9(12)6-4-8/h3-7H,2,13H2,1H3. The minimum Gasteiger partial charge on any atom is -0.396 e. The molecule has 15 heavy (non-hydrogen) atoms. The van der Waals surface area contributed by atoms with Crippen molar-refractivity contribution >= 4 is 21.6 Å². The maximum atomic E-state index is 5.89. The highest BCUT2D eigenvalue weighted by Gasteiger charge is 2.07. The van der Waals surface area contributed by atoms with Gasteiger partial charge in [-0.2, -0.15) is 5.10 Å². The molecule has 0 aliphatic heterocycles. The first-order chi connectivity index (χ1) is 7.20. The van der Waals surface area contributed by atoms with E-state index in [0.717, 1.165) is 28.0 Å². The molecular formula is C11H12BrN3. The topological polar surface area (TPSA) is 43.8 Å². The summed E-state index contributed by atoms with van der Waals surface area (Å²) in [6.45, 7) is 2.87. The second-order valence-electron chi connectivity index (χ2n) is 3.30. The van der Waals surface area contributed by atoms with E-state index in [-0.39, 0.29) is 0 Å². The minimum atomic E-state index is 0.721. The lowest BCUT2D eigenvalue weighted by Gasteiger charge is -1.98. The van der Waals surface area contributed by atoms with Gasteiger partial charge in [0.2, 0.25) is 0 Å². The van der Waals surface area contributed by atoms with Crippen molar-refractivity contribution in [3.63, 3.8) is 0 Å². The van der Waals surface area contributed by atoms with Crippen LogP contribution in [0.5, 0.6) is 0 Å². The molecule has 0 radical (unpaired) electrons. The number of benzene rings is 1. The van der Waals surface area contributed by atoms with Gasteiger partial charge in [0.15, 0.2) is 0 Å². The molecular weight excluding hydrogens is 254 g/mol. The summed E-state index contributed by atoms with van der Waals surface area (Å²) in [6, 6.07) is 7.98. The largest absolute Gasteiger partial charge is 0.396 e. The van der Waals surface area contributed by atoms with Crippen molar-refractivity contribution in [2.45, 2.75) is 13.5 Å². The molecule has 0 saturated heterocycles. The zero-order chi connectivity index (χ0) is 10.8. The Morgan fingerprint density at radius 1 is 1.33 bits per heavy atom. The van der Waals surface area contributed by atoms with Gasteiger partial charge in [-0.1, -0.05) is 28.1 Å². The first-order valence-electron chi connectivity index (χ1n) is 4.79. The van der Waals surface area contributed by atoms with E-state index in [9.17, 15) is 0 Å². The van der Waals surface area contributed by atoms with E-state index in [2.05, 4.69) is 21.0 Å². The summed E-state index contributed by atoms with van der Waals surface area (Å²) < 4.78 is 2.90. The van der Waals surface area contributed by atoms with Gasteiger partial charge in [-0.05, 0) is 19.1 Å². The predicted octanol–water partition coefficient (Wildman–Crippen LogP) is 2.91. The number of rotatable bonds is 2. The maximum absolute atomic E-state index is 5.89. The van der Waals surface area contributed by atoms with Crippen molar-refractivity contribution in [1.82, 2.24) is 9.78 Å². The molecule has 0 saturated carbocycles. The van der Waals surface area contributed by atoms with Gasteiger partial charge in [-0.3, -0.25) is 4.68 Å². The monoisotopic (exact) mass is 265 g/mol. The van der Waals surface area contributed by atoms with E-state index < -0.39 is 0 Å². The molecule has 0 bridgehead atoms. The number of hydrogen-bond donors (Lipinski definition) is 1. The summed E-state index contributed by atoms with van der Waals surface area (Å²) in [7, 11) is 0. The lowest BCUT2D eigenvalue weighted by molar-refractivity contribution is 0.662.